The summed E-state index contributed by atoms with van der Waals surface area (Å²) < 4.78 is 0. The molecular formula is C23H26N4O4. The maximum Gasteiger partial charge on any atom is 0.271 e. The van der Waals surface area contributed by atoms with Crippen LogP contribution in [0.5, 0.6) is 0 Å². The molecule has 0 unspecified atom stereocenters. The first kappa shape index (κ1) is 23.5. The van der Waals surface area contributed by atoms with Crippen molar-refractivity contribution in [3.05, 3.63) is 75.3 Å². The highest BCUT2D eigenvalue weighted by molar-refractivity contribution is 5.93. The standard InChI is InChI=1S/C23H26N4O4/c1-16(2)19-9-7-18(8-10-19)13-17(3)15-24-26-23(29)12-11-22(28)25-20-5-4-6-21(14-20)27(30)31/h4-10,13-16H,11-12H2,1-3H3,(H,25,28)(H,26,29). The second-order valence-corrected chi connectivity index (χ2v) is 7.36. The monoisotopic (exact) mass is 422 g/mol. The zero-order valence-corrected chi connectivity index (χ0v) is 17.8. The van der Waals surface area contributed by atoms with Gasteiger partial charge in [0.05, 0.1) is 11.1 Å². The highest BCUT2D eigenvalue weighted by Crippen LogP contribution is 2.17. The van der Waals surface area contributed by atoms with Gasteiger partial charge >= 0.3 is 0 Å². The Labute approximate surface area is 181 Å². The van der Waals surface area contributed by atoms with Crippen LogP contribution in [0.2, 0.25) is 0 Å². The molecule has 2 aromatic carbocycles. The minimum absolute atomic E-state index is 0.0580. The summed E-state index contributed by atoms with van der Waals surface area (Å²) in [6.07, 6.45) is 3.36. The summed E-state index contributed by atoms with van der Waals surface area (Å²) in [6, 6.07) is 13.8. The molecule has 0 atom stereocenters. The average molecular weight is 422 g/mol. The predicted octanol–water partition coefficient (Wildman–Crippen LogP) is 4.64. The number of hydrazone groups is 1. The molecule has 2 aromatic rings. The first-order chi connectivity index (χ1) is 14.7. The number of nitrogens with zero attached hydrogens (tertiary/aromatic N) is 2. The normalized spacial score (nSPS) is 11.5. The minimum Gasteiger partial charge on any atom is -0.326 e. The van der Waals surface area contributed by atoms with Crippen molar-refractivity contribution in [3.63, 3.8) is 0 Å². The SMILES string of the molecule is CC(C=NNC(=O)CCC(=O)Nc1cccc([N+](=O)[O-])c1)=Cc1ccc(C(C)C)cc1. The molecule has 0 heterocycles. The maximum absolute atomic E-state index is 11.9. The number of hydrogen-bond acceptors (Lipinski definition) is 5. The Bertz CT molecular complexity index is 995. The lowest BCUT2D eigenvalue weighted by Gasteiger charge is -2.05. The number of benzene rings is 2. The smallest absolute Gasteiger partial charge is 0.271 e. The summed E-state index contributed by atoms with van der Waals surface area (Å²) in [5.41, 5.74) is 5.74. The quantitative estimate of drug-likeness (QED) is 0.348. The van der Waals surface area contributed by atoms with Crippen LogP contribution in [0.1, 0.15) is 50.7 Å². The Morgan fingerprint density at radius 3 is 2.42 bits per heavy atom. The molecule has 0 saturated heterocycles. The summed E-state index contributed by atoms with van der Waals surface area (Å²) >= 11 is 0. The van der Waals surface area contributed by atoms with Crippen LogP contribution in [-0.2, 0) is 9.59 Å². The van der Waals surface area contributed by atoms with Crippen LogP contribution in [0.25, 0.3) is 6.08 Å². The zero-order valence-electron chi connectivity index (χ0n) is 17.8. The van der Waals surface area contributed by atoms with Gasteiger partial charge in [-0.05, 0) is 35.6 Å². The van der Waals surface area contributed by atoms with E-state index in [9.17, 15) is 19.7 Å². The summed E-state index contributed by atoms with van der Waals surface area (Å²) in [4.78, 5) is 34.0. The molecule has 8 nitrogen and oxygen atoms in total. The lowest BCUT2D eigenvalue weighted by molar-refractivity contribution is -0.384. The van der Waals surface area contributed by atoms with Crippen molar-refractivity contribution in [1.29, 1.82) is 0 Å². The number of carbonyl (C=O) groups is 2. The Hall–Kier alpha value is -3.81. The van der Waals surface area contributed by atoms with Crippen molar-refractivity contribution in [2.45, 2.75) is 39.5 Å². The number of amides is 2. The molecule has 0 saturated carbocycles. The zero-order chi connectivity index (χ0) is 22.8. The van der Waals surface area contributed by atoms with Crippen molar-refractivity contribution in [1.82, 2.24) is 5.43 Å². The van der Waals surface area contributed by atoms with Gasteiger partial charge in [-0.25, -0.2) is 5.43 Å². The molecule has 162 valence electrons. The van der Waals surface area contributed by atoms with Crippen molar-refractivity contribution in [2.75, 3.05) is 5.32 Å². The molecule has 0 radical (unpaired) electrons. The third-order valence-electron chi connectivity index (χ3n) is 4.37. The Balaban J connectivity index is 1.77. The van der Waals surface area contributed by atoms with Gasteiger partial charge in [-0.3, -0.25) is 19.7 Å². The molecule has 0 aromatic heterocycles. The number of allylic oxidation sites excluding steroid dienone is 1. The molecule has 0 bridgehead atoms. The molecule has 0 aliphatic rings. The topological polar surface area (TPSA) is 114 Å². The fourth-order valence-corrected chi connectivity index (χ4v) is 2.69. The Morgan fingerprint density at radius 1 is 1.10 bits per heavy atom. The molecule has 2 N–H and O–H groups in total. The van der Waals surface area contributed by atoms with Crippen molar-refractivity contribution in [2.24, 2.45) is 5.10 Å². The molecule has 2 amide bonds. The Kier molecular flexibility index (Phi) is 8.63. The first-order valence-corrected chi connectivity index (χ1v) is 9.89. The van der Waals surface area contributed by atoms with Crippen LogP contribution in [-0.4, -0.2) is 23.0 Å². The van der Waals surface area contributed by atoms with Crippen molar-refractivity contribution >= 4 is 35.5 Å². The number of anilines is 1. The van der Waals surface area contributed by atoms with E-state index < -0.39 is 16.7 Å². The molecular weight excluding hydrogens is 396 g/mol. The predicted molar refractivity (Wildman–Crippen MR) is 122 cm³/mol. The van der Waals surface area contributed by atoms with E-state index in [0.29, 0.717) is 11.6 Å². The van der Waals surface area contributed by atoms with Gasteiger partial charge in [0.15, 0.2) is 0 Å². The van der Waals surface area contributed by atoms with Crippen LogP contribution < -0.4 is 10.7 Å². The Morgan fingerprint density at radius 2 is 1.77 bits per heavy atom. The van der Waals surface area contributed by atoms with E-state index in [1.165, 1.54) is 30.0 Å². The molecule has 2 rings (SSSR count). The van der Waals surface area contributed by atoms with Crippen molar-refractivity contribution < 1.29 is 14.5 Å². The van der Waals surface area contributed by atoms with E-state index >= 15 is 0 Å². The van der Waals surface area contributed by atoms with E-state index in [2.05, 4.69) is 41.8 Å². The van der Waals surface area contributed by atoms with Crippen molar-refractivity contribution in [3.8, 4) is 0 Å². The lowest BCUT2D eigenvalue weighted by Crippen LogP contribution is -2.20. The highest BCUT2D eigenvalue weighted by atomic mass is 16.6. The fraction of sp³-hybridized carbons (Fsp3) is 0.261. The second-order valence-electron chi connectivity index (χ2n) is 7.36. The third kappa shape index (κ3) is 8.22. The summed E-state index contributed by atoms with van der Waals surface area (Å²) in [5, 5.41) is 17.2. The van der Waals surface area contributed by atoms with Crippen LogP contribution >= 0.6 is 0 Å². The number of hydrogen-bond donors (Lipinski definition) is 2. The lowest BCUT2D eigenvalue weighted by atomic mass is 10.0. The van der Waals surface area contributed by atoms with Gasteiger partial charge in [0.1, 0.15) is 0 Å². The van der Waals surface area contributed by atoms with E-state index in [0.717, 1.165) is 11.1 Å². The molecule has 0 fully saturated rings. The number of carbonyl (C=O) groups excluding carboxylic acids is 2. The van der Waals surface area contributed by atoms with Gasteiger partial charge in [0.2, 0.25) is 11.8 Å². The average Bonchev–Trinajstić information content (AvgIpc) is 2.73. The molecule has 0 aliphatic carbocycles. The van der Waals surface area contributed by atoms with Crippen LogP contribution in [0.4, 0.5) is 11.4 Å². The minimum atomic E-state index is -0.543. The molecule has 0 aliphatic heterocycles. The maximum atomic E-state index is 11.9. The van der Waals surface area contributed by atoms with Gasteiger partial charge in [-0.15, -0.1) is 0 Å². The number of rotatable bonds is 9. The molecule has 31 heavy (non-hydrogen) atoms. The summed E-state index contributed by atoms with van der Waals surface area (Å²) in [5.74, 6) is -0.343. The van der Waals surface area contributed by atoms with E-state index in [-0.39, 0.29) is 18.5 Å². The number of nitro benzene ring substituents is 1. The third-order valence-corrected chi connectivity index (χ3v) is 4.37. The number of non-ortho nitro benzene ring substituents is 1. The number of nitro groups is 1. The van der Waals surface area contributed by atoms with E-state index in [1.54, 1.807) is 6.07 Å². The highest BCUT2D eigenvalue weighted by Gasteiger charge is 2.10. The van der Waals surface area contributed by atoms with Crippen LogP contribution in [0, 0.1) is 10.1 Å². The van der Waals surface area contributed by atoms with Gasteiger partial charge in [-0.2, -0.15) is 5.10 Å². The van der Waals surface area contributed by atoms with Crippen LogP contribution in [0.15, 0.2) is 59.2 Å². The van der Waals surface area contributed by atoms with Gasteiger partial charge in [0.25, 0.3) is 5.69 Å². The van der Waals surface area contributed by atoms with E-state index in [4.69, 9.17) is 0 Å². The van der Waals surface area contributed by atoms with Gasteiger partial charge < -0.3 is 5.32 Å². The fourth-order valence-electron chi connectivity index (χ4n) is 2.69. The summed E-state index contributed by atoms with van der Waals surface area (Å²) in [6.45, 7) is 6.16. The largest absolute Gasteiger partial charge is 0.326 e. The molecule has 0 spiro atoms. The first-order valence-electron chi connectivity index (χ1n) is 9.89. The van der Waals surface area contributed by atoms with Crippen LogP contribution in [0.3, 0.4) is 0 Å². The van der Waals surface area contributed by atoms with Gasteiger partial charge in [-0.1, -0.05) is 50.3 Å². The van der Waals surface area contributed by atoms with Gasteiger partial charge in [0, 0.05) is 30.7 Å². The number of nitrogens with one attached hydrogen (secondary N) is 2. The second kappa shape index (κ2) is 11.4. The van der Waals surface area contributed by atoms with E-state index in [1.807, 2.05) is 25.1 Å². The summed E-state index contributed by atoms with van der Waals surface area (Å²) in [7, 11) is 0. The molecule has 8 heteroatoms.